The van der Waals surface area contributed by atoms with Gasteiger partial charge in [-0.25, -0.2) is 15.0 Å². The first-order chi connectivity index (χ1) is 23.3. The van der Waals surface area contributed by atoms with Crippen molar-refractivity contribution in [3.63, 3.8) is 0 Å². The van der Waals surface area contributed by atoms with Crippen LogP contribution in [0, 0.1) is 0 Å². The van der Waals surface area contributed by atoms with E-state index in [4.69, 9.17) is 19.4 Å². The molecule has 218 valence electrons. The van der Waals surface area contributed by atoms with Crippen molar-refractivity contribution >= 4 is 32.7 Å². The van der Waals surface area contributed by atoms with E-state index in [1.54, 1.807) is 0 Å². The number of furan rings is 1. The SMILES string of the molecule is c1ccc(-c2ccc3c(c2)oc2cccc(-c4nc(-c5ccccc5)nc(-c5cc6c7c(cccc7c5)-c5ccccc5-6)n4)c23)cc1. The maximum absolute atomic E-state index is 6.45. The van der Waals surface area contributed by atoms with Gasteiger partial charge in [0.15, 0.2) is 17.5 Å². The Balaban J connectivity index is 1.20. The summed E-state index contributed by atoms with van der Waals surface area (Å²) in [6.07, 6.45) is 0. The van der Waals surface area contributed by atoms with Crippen LogP contribution >= 0.6 is 0 Å². The summed E-state index contributed by atoms with van der Waals surface area (Å²) in [5, 5.41) is 4.47. The summed E-state index contributed by atoms with van der Waals surface area (Å²) in [6, 6.07) is 52.6. The highest BCUT2D eigenvalue weighted by Gasteiger charge is 2.23. The third kappa shape index (κ3) is 4.05. The van der Waals surface area contributed by atoms with Crippen LogP contribution in [0.25, 0.3) is 100 Å². The van der Waals surface area contributed by atoms with Crippen LogP contribution < -0.4 is 0 Å². The largest absolute Gasteiger partial charge is 0.456 e. The minimum absolute atomic E-state index is 0.611. The van der Waals surface area contributed by atoms with Crippen molar-refractivity contribution in [3.05, 3.63) is 152 Å². The predicted octanol–water partition coefficient (Wildman–Crippen LogP) is 11.2. The van der Waals surface area contributed by atoms with Crippen LogP contribution in [-0.2, 0) is 0 Å². The molecule has 0 atom stereocenters. The summed E-state index contributed by atoms with van der Waals surface area (Å²) in [5.74, 6) is 1.88. The molecule has 2 aromatic heterocycles. The maximum Gasteiger partial charge on any atom is 0.164 e. The molecule has 0 spiro atoms. The summed E-state index contributed by atoms with van der Waals surface area (Å²) < 4.78 is 6.45. The summed E-state index contributed by atoms with van der Waals surface area (Å²) in [7, 11) is 0. The van der Waals surface area contributed by atoms with Gasteiger partial charge in [-0.05, 0) is 74.5 Å². The molecule has 0 aliphatic heterocycles. The third-order valence-electron chi connectivity index (χ3n) is 9.25. The van der Waals surface area contributed by atoms with Crippen LogP contribution in [0.2, 0.25) is 0 Å². The molecular weight excluding hydrogens is 574 g/mol. The zero-order chi connectivity index (χ0) is 30.9. The van der Waals surface area contributed by atoms with Gasteiger partial charge in [0.25, 0.3) is 0 Å². The lowest BCUT2D eigenvalue weighted by Gasteiger charge is -2.11. The molecule has 0 fully saturated rings. The monoisotopic (exact) mass is 599 g/mol. The molecule has 7 aromatic carbocycles. The molecule has 2 heterocycles. The van der Waals surface area contributed by atoms with Gasteiger partial charge >= 0.3 is 0 Å². The second-order valence-corrected chi connectivity index (χ2v) is 12.0. The lowest BCUT2D eigenvalue weighted by atomic mass is 9.99. The standard InChI is InChI=1S/C43H25N3O/c1-3-11-26(12-4-1)28-21-22-34-38(25-28)47-37-20-10-19-35(40(34)37)43-45-41(27-13-5-2-6-14-27)44-42(46-43)30-23-29-15-9-18-33-31-16-7-8-17-32(31)36(24-30)39(29)33/h1-25H. The molecule has 0 unspecified atom stereocenters. The number of fused-ring (bicyclic) bond motifs is 6. The van der Waals surface area contributed by atoms with E-state index in [2.05, 4.69) is 103 Å². The first-order valence-electron chi connectivity index (χ1n) is 15.8. The Bertz CT molecular complexity index is 2680. The van der Waals surface area contributed by atoms with Gasteiger partial charge < -0.3 is 4.42 Å². The van der Waals surface area contributed by atoms with Crippen LogP contribution in [0.5, 0.6) is 0 Å². The summed E-state index contributed by atoms with van der Waals surface area (Å²) in [6.45, 7) is 0. The van der Waals surface area contributed by atoms with Gasteiger partial charge in [0.2, 0.25) is 0 Å². The molecule has 1 aliphatic carbocycles. The Hall–Kier alpha value is -6.39. The minimum Gasteiger partial charge on any atom is -0.456 e. The minimum atomic E-state index is 0.611. The highest BCUT2D eigenvalue weighted by atomic mass is 16.3. The molecule has 10 rings (SSSR count). The average Bonchev–Trinajstić information content (AvgIpc) is 3.68. The van der Waals surface area contributed by atoms with Crippen LogP contribution in [-0.4, -0.2) is 15.0 Å². The second-order valence-electron chi connectivity index (χ2n) is 12.0. The van der Waals surface area contributed by atoms with E-state index >= 15 is 0 Å². The summed E-state index contributed by atoms with van der Waals surface area (Å²) in [4.78, 5) is 15.4. The summed E-state index contributed by atoms with van der Waals surface area (Å²) in [5.41, 5.74) is 11.7. The number of nitrogens with zero attached hydrogens (tertiary/aromatic N) is 3. The Morgan fingerprint density at radius 2 is 0.979 bits per heavy atom. The maximum atomic E-state index is 6.45. The lowest BCUT2D eigenvalue weighted by Crippen LogP contribution is -2.00. The quantitative estimate of drug-likeness (QED) is 0.202. The smallest absolute Gasteiger partial charge is 0.164 e. The van der Waals surface area contributed by atoms with Gasteiger partial charge in [-0.3, -0.25) is 0 Å². The van der Waals surface area contributed by atoms with E-state index in [-0.39, 0.29) is 0 Å². The molecule has 0 saturated heterocycles. The zero-order valence-electron chi connectivity index (χ0n) is 25.2. The molecule has 0 amide bonds. The third-order valence-corrected chi connectivity index (χ3v) is 9.25. The Labute approximate surface area is 270 Å². The molecule has 4 heteroatoms. The molecule has 0 radical (unpaired) electrons. The van der Waals surface area contributed by atoms with Gasteiger partial charge in [0.05, 0.1) is 0 Å². The van der Waals surface area contributed by atoms with Crippen molar-refractivity contribution in [2.45, 2.75) is 0 Å². The summed E-state index contributed by atoms with van der Waals surface area (Å²) >= 11 is 0. The zero-order valence-corrected chi connectivity index (χ0v) is 25.2. The van der Waals surface area contributed by atoms with E-state index in [9.17, 15) is 0 Å². The molecular formula is C43H25N3O. The first-order valence-corrected chi connectivity index (χ1v) is 15.8. The van der Waals surface area contributed by atoms with Crippen molar-refractivity contribution < 1.29 is 4.42 Å². The van der Waals surface area contributed by atoms with Gasteiger partial charge in [0.1, 0.15) is 11.2 Å². The fourth-order valence-corrected chi connectivity index (χ4v) is 7.11. The number of hydrogen-bond acceptors (Lipinski definition) is 4. The topological polar surface area (TPSA) is 51.8 Å². The Morgan fingerprint density at radius 3 is 1.79 bits per heavy atom. The van der Waals surface area contributed by atoms with Crippen LogP contribution in [0.3, 0.4) is 0 Å². The number of aromatic nitrogens is 3. The van der Waals surface area contributed by atoms with E-state index < -0.39 is 0 Å². The van der Waals surface area contributed by atoms with E-state index in [1.165, 1.54) is 33.0 Å². The number of benzene rings is 7. The van der Waals surface area contributed by atoms with Crippen LogP contribution in [0.4, 0.5) is 0 Å². The number of hydrogen-bond donors (Lipinski definition) is 0. The van der Waals surface area contributed by atoms with Gasteiger partial charge in [-0.1, -0.05) is 121 Å². The average molecular weight is 600 g/mol. The second kappa shape index (κ2) is 10.1. The van der Waals surface area contributed by atoms with E-state index in [0.29, 0.717) is 17.5 Å². The molecule has 0 saturated carbocycles. The number of rotatable bonds is 4. The molecule has 9 aromatic rings. The van der Waals surface area contributed by atoms with Crippen molar-refractivity contribution in [3.8, 4) is 67.5 Å². The normalized spacial score (nSPS) is 11.8. The van der Waals surface area contributed by atoms with Gasteiger partial charge in [-0.15, -0.1) is 0 Å². The molecule has 0 bridgehead atoms. The van der Waals surface area contributed by atoms with Crippen molar-refractivity contribution in [1.82, 2.24) is 15.0 Å². The van der Waals surface area contributed by atoms with Crippen molar-refractivity contribution in [2.75, 3.05) is 0 Å². The molecule has 47 heavy (non-hydrogen) atoms. The van der Waals surface area contributed by atoms with Crippen LogP contribution in [0.15, 0.2) is 156 Å². The van der Waals surface area contributed by atoms with E-state index in [1.807, 2.05) is 48.5 Å². The highest BCUT2D eigenvalue weighted by molar-refractivity contribution is 6.16. The van der Waals surface area contributed by atoms with E-state index in [0.717, 1.165) is 49.8 Å². The highest BCUT2D eigenvalue weighted by Crippen LogP contribution is 2.48. The van der Waals surface area contributed by atoms with Crippen LogP contribution in [0.1, 0.15) is 0 Å². The molecule has 1 aliphatic rings. The van der Waals surface area contributed by atoms with Crippen molar-refractivity contribution in [2.24, 2.45) is 0 Å². The first kappa shape index (κ1) is 25.9. The Morgan fingerprint density at radius 1 is 0.340 bits per heavy atom. The molecule has 0 N–H and O–H groups in total. The molecule has 4 nitrogen and oxygen atoms in total. The fourth-order valence-electron chi connectivity index (χ4n) is 7.11. The Kier molecular flexibility index (Phi) is 5.54. The van der Waals surface area contributed by atoms with Gasteiger partial charge in [0, 0.05) is 27.5 Å². The fraction of sp³-hybridized carbons (Fsp3) is 0. The predicted molar refractivity (Wildman–Crippen MR) is 191 cm³/mol. The van der Waals surface area contributed by atoms with Crippen molar-refractivity contribution in [1.29, 1.82) is 0 Å². The lowest BCUT2D eigenvalue weighted by molar-refractivity contribution is 0.669. The van der Waals surface area contributed by atoms with Gasteiger partial charge in [-0.2, -0.15) is 0 Å².